The van der Waals surface area contributed by atoms with Crippen LogP contribution in [0.3, 0.4) is 0 Å². The summed E-state index contributed by atoms with van der Waals surface area (Å²) >= 11 is 1.26. The van der Waals surface area contributed by atoms with E-state index in [1.807, 2.05) is 11.6 Å². The highest BCUT2D eigenvalue weighted by Crippen LogP contribution is 2.25. The number of aromatic nitrogens is 1. The Morgan fingerprint density at radius 2 is 2.50 bits per heavy atom. The van der Waals surface area contributed by atoms with Crippen molar-refractivity contribution >= 4 is 11.3 Å². The van der Waals surface area contributed by atoms with Crippen LogP contribution in [0.1, 0.15) is 12.8 Å². The van der Waals surface area contributed by atoms with Crippen LogP contribution in [0, 0.1) is 0 Å². The molecule has 0 aromatic carbocycles. The number of hydrogen-bond donors (Lipinski definition) is 0. The van der Waals surface area contributed by atoms with Crippen molar-refractivity contribution in [2.75, 3.05) is 7.05 Å². The molecule has 0 saturated heterocycles. The van der Waals surface area contributed by atoms with Crippen molar-refractivity contribution in [1.82, 2.24) is 9.47 Å². The van der Waals surface area contributed by atoms with Gasteiger partial charge in [0.25, 0.3) is 0 Å². The molecular formula is C8H12N2OS. The highest BCUT2D eigenvalue weighted by atomic mass is 32.1. The summed E-state index contributed by atoms with van der Waals surface area (Å²) in [5.41, 5.74) is 0. The lowest BCUT2D eigenvalue weighted by atomic mass is 10.6. The minimum atomic E-state index is 0.141. The van der Waals surface area contributed by atoms with Gasteiger partial charge in [0.1, 0.15) is 0 Å². The van der Waals surface area contributed by atoms with Gasteiger partial charge in [-0.25, -0.2) is 0 Å². The molecule has 1 aliphatic carbocycles. The Balaban J connectivity index is 2.02. The van der Waals surface area contributed by atoms with Crippen molar-refractivity contribution in [3.8, 4) is 0 Å². The minimum absolute atomic E-state index is 0.141. The average molecular weight is 184 g/mol. The molecule has 12 heavy (non-hydrogen) atoms. The SMILES string of the molecule is CN(Cn1ccsc1=O)C1CC1. The smallest absolute Gasteiger partial charge is 0.292 e. The van der Waals surface area contributed by atoms with E-state index < -0.39 is 0 Å². The van der Waals surface area contributed by atoms with E-state index in [1.165, 1.54) is 24.2 Å². The van der Waals surface area contributed by atoms with E-state index in [0.717, 1.165) is 12.7 Å². The van der Waals surface area contributed by atoms with Gasteiger partial charge >= 0.3 is 4.87 Å². The van der Waals surface area contributed by atoms with E-state index in [-0.39, 0.29) is 4.87 Å². The Labute approximate surface area is 75.2 Å². The molecule has 0 amide bonds. The number of thiazole rings is 1. The summed E-state index contributed by atoms with van der Waals surface area (Å²) in [4.78, 5) is 13.5. The van der Waals surface area contributed by atoms with Crippen LogP contribution in [0.2, 0.25) is 0 Å². The van der Waals surface area contributed by atoms with Crippen molar-refractivity contribution in [3.05, 3.63) is 21.2 Å². The van der Waals surface area contributed by atoms with Gasteiger partial charge < -0.3 is 0 Å². The first-order valence-corrected chi connectivity index (χ1v) is 4.99. The Hall–Kier alpha value is -0.610. The number of rotatable bonds is 3. The normalized spacial score (nSPS) is 17.2. The molecule has 1 heterocycles. The molecule has 0 spiro atoms. The maximum atomic E-state index is 11.2. The molecule has 0 unspecified atom stereocenters. The van der Waals surface area contributed by atoms with E-state index in [0.29, 0.717) is 0 Å². The van der Waals surface area contributed by atoms with Gasteiger partial charge in [-0.1, -0.05) is 11.3 Å². The maximum Gasteiger partial charge on any atom is 0.308 e. The van der Waals surface area contributed by atoms with Crippen LogP contribution < -0.4 is 4.87 Å². The first-order chi connectivity index (χ1) is 5.77. The fourth-order valence-electron chi connectivity index (χ4n) is 1.27. The van der Waals surface area contributed by atoms with Crippen molar-refractivity contribution in [1.29, 1.82) is 0 Å². The monoisotopic (exact) mass is 184 g/mol. The average Bonchev–Trinajstić information content (AvgIpc) is 2.80. The third-order valence-electron chi connectivity index (χ3n) is 2.19. The molecule has 4 heteroatoms. The van der Waals surface area contributed by atoms with E-state index >= 15 is 0 Å². The van der Waals surface area contributed by atoms with Crippen LogP contribution >= 0.6 is 11.3 Å². The lowest BCUT2D eigenvalue weighted by Crippen LogP contribution is -2.27. The quantitative estimate of drug-likeness (QED) is 0.699. The second-order valence-electron chi connectivity index (χ2n) is 3.27. The molecule has 1 saturated carbocycles. The first kappa shape index (κ1) is 8.01. The van der Waals surface area contributed by atoms with Crippen LogP contribution in [-0.4, -0.2) is 22.6 Å². The summed E-state index contributed by atoms with van der Waals surface area (Å²) in [6, 6.07) is 0.719. The van der Waals surface area contributed by atoms with Crippen LogP contribution in [0.25, 0.3) is 0 Å². The van der Waals surface area contributed by atoms with Crippen LogP contribution in [0.4, 0.5) is 0 Å². The molecule has 0 N–H and O–H groups in total. The van der Waals surface area contributed by atoms with Crippen molar-refractivity contribution in [2.45, 2.75) is 25.6 Å². The zero-order chi connectivity index (χ0) is 8.55. The predicted molar refractivity (Wildman–Crippen MR) is 49.4 cm³/mol. The Kier molecular flexibility index (Phi) is 2.02. The summed E-state index contributed by atoms with van der Waals surface area (Å²) in [7, 11) is 2.07. The lowest BCUT2D eigenvalue weighted by molar-refractivity contribution is 0.256. The van der Waals surface area contributed by atoms with Gasteiger partial charge in [-0.05, 0) is 19.9 Å². The third kappa shape index (κ3) is 1.59. The van der Waals surface area contributed by atoms with Gasteiger partial charge in [0.2, 0.25) is 0 Å². The summed E-state index contributed by atoms with van der Waals surface area (Å²) in [5, 5.41) is 1.84. The van der Waals surface area contributed by atoms with Gasteiger partial charge in [-0.15, -0.1) is 0 Å². The molecule has 0 bridgehead atoms. The molecule has 2 rings (SSSR count). The van der Waals surface area contributed by atoms with Crippen molar-refractivity contribution < 1.29 is 0 Å². The Morgan fingerprint density at radius 3 is 3.00 bits per heavy atom. The van der Waals surface area contributed by atoms with Gasteiger partial charge in [0.15, 0.2) is 0 Å². The van der Waals surface area contributed by atoms with Crippen molar-refractivity contribution in [3.63, 3.8) is 0 Å². The molecule has 1 fully saturated rings. The van der Waals surface area contributed by atoms with Gasteiger partial charge in [-0.2, -0.15) is 0 Å². The number of hydrogen-bond acceptors (Lipinski definition) is 3. The Bertz CT molecular complexity index is 313. The fraction of sp³-hybridized carbons (Fsp3) is 0.625. The molecule has 0 atom stereocenters. The topological polar surface area (TPSA) is 25.2 Å². The molecular weight excluding hydrogens is 172 g/mol. The standard InChI is InChI=1S/C8H12N2OS/c1-9(7-2-3-7)6-10-4-5-12-8(10)11/h4-5,7H,2-3,6H2,1H3. The van der Waals surface area contributed by atoms with E-state index in [4.69, 9.17) is 0 Å². The first-order valence-electron chi connectivity index (χ1n) is 4.11. The molecule has 1 aromatic heterocycles. The molecule has 66 valence electrons. The molecule has 1 aromatic rings. The van der Waals surface area contributed by atoms with Crippen LogP contribution in [-0.2, 0) is 6.67 Å². The third-order valence-corrected chi connectivity index (χ3v) is 2.88. The van der Waals surface area contributed by atoms with Gasteiger partial charge in [0.05, 0.1) is 6.67 Å². The predicted octanol–water partition coefficient (Wildman–Crippen LogP) is 0.962. The van der Waals surface area contributed by atoms with E-state index in [9.17, 15) is 4.79 Å². The summed E-state index contributed by atoms with van der Waals surface area (Å²) in [6.07, 6.45) is 4.43. The summed E-state index contributed by atoms with van der Waals surface area (Å²) in [6.45, 7) is 0.743. The zero-order valence-corrected chi connectivity index (χ0v) is 7.88. The lowest BCUT2D eigenvalue weighted by Gasteiger charge is -2.14. The second kappa shape index (κ2) is 3.03. The van der Waals surface area contributed by atoms with Crippen LogP contribution in [0.5, 0.6) is 0 Å². The van der Waals surface area contributed by atoms with E-state index in [1.54, 1.807) is 4.57 Å². The highest BCUT2D eigenvalue weighted by Gasteiger charge is 2.26. The minimum Gasteiger partial charge on any atom is -0.292 e. The maximum absolute atomic E-state index is 11.2. The Morgan fingerprint density at radius 1 is 1.75 bits per heavy atom. The largest absolute Gasteiger partial charge is 0.308 e. The molecule has 1 aliphatic rings. The molecule has 3 nitrogen and oxygen atoms in total. The highest BCUT2D eigenvalue weighted by molar-refractivity contribution is 7.07. The number of nitrogens with zero attached hydrogens (tertiary/aromatic N) is 2. The van der Waals surface area contributed by atoms with Gasteiger partial charge in [-0.3, -0.25) is 14.3 Å². The molecule has 0 radical (unpaired) electrons. The van der Waals surface area contributed by atoms with Gasteiger partial charge in [0, 0.05) is 17.6 Å². The zero-order valence-electron chi connectivity index (χ0n) is 7.06. The van der Waals surface area contributed by atoms with Crippen LogP contribution in [0.15, 0.2) is 16.4 Å². The van der Waals surface area contributed by atoms with E-state index in [2.05, 4.69) is 11.9 Å². The van der Waals surface area contributed by atoms with Crippen molar-refractivity contribution in [2.24, 2.45) is 0 Å². The second-order valence-corrected chi connectivity index (χ2v) is 4.13. The summed E-state index contributed by atoms with van der Waals surface area (Å²) < 4.78 is 1.75. The fourth-order valence-corrected chi connectivity index (χ4v) is 1.84. The molecule has 0 aliphatic heterocycles. The summed E-state index contributed by atoms with van der Waals surface area (Å²) in [5.74, 6) is 0.